The first-order valence-electron chi connectivity index (χ1n) is 11.8. The Balaban J connectivity index is 1.79. The van der Waals surface area contributed by atoms with Crippen LogP contribution in [-0.2, 0) is 13.1 Å². The normalized spacial score (nSPS) is 12.1. The lowest BCUT2D eigenvalue weighted by Gasteiger charge is -2.08. The summed E-state index contributed by atoms with van der Waals surface area (Å²) >= 11 is 0. The van der Waals surface area contributed by atoms with Crippen molar-refractivity contribution < 1.29 is 0 Å². The highest BCUT2D eigenvalue weighted by molar-refractivity contribution is 6.17. The molecule has 2 heteroatoms. The van der Waals surface area contributed by atoms with Crippen LogP contribution >= 0.6 is 0 Å². The van der Waals surface area contributed by atoms with Gasteiger partial charge in [-0.25, -0.2) is 0 Å². The molecule has 0 aliphatic heterocycles. The third-order valence-corrected chi connectivity index (χ3v) is 6.64. The van der Waals surface area contributed by atoms with Crippen molar-refractivity contribution in [3.05, 3.63) is 60.7 Å². The zero-order valence-corrected chi connectivity index (χ0v) is 18.3. The second-order valence-electron chi connectivity index (χ2n) is 8.64. The van der Waals surface area contributed by atoms with Crippen molar-refractivity contribution in [1.29, 1.82) is 0 Å². The molecule has 5 rings (SSSR count). The SMILES string of the molecule is CCCCCn1c2ccccc2c2cc3c(cc21)c1ccccc1n3CCCCC. The van der Waals surface area contributed by atoms with Gasteiger partial charge in [0.05, 0.1) is 0 Å². The predicted molar refractivity (Wildman–Crippen MR) is 131 cm³/mol. The third kappa shape index (κ3) is 3.10. The molecule has 0 unspecified atom stereocenters. The summed E-state index contributed by atoms with van der Waals surface area (Å²) in [6.07, 6.45) is 7.56. The number of hydrogen-bond donors (Lipinski definition) is 0. The van der Waals surface area contributed by atoms with Crippen LogP contribution < -0.4 is 0 Å². The fraction of sp³-hybridized carbons (Fsp3) is 0.357. The summed E-state index contributed by atoms with van der Waals surface area (Å²) < 4.78 is 5.12. The minimum Gasteiger partial charge on any atom is -0.340 e. The van der Waals surface area contributed by atoms with Crippen molar-refractivity contribution in [3.8, 4) is 0 Å². The zero-order valence-electron chi connectivity index (χ0n) is 18.3. The second kappa shape index (κ2) is 8.18. The molecule has 2 heterocycles. The highest BCUT2D eigenvalue weighted by atomic mass is 15.0. The molecule has 0 saturated carbocycles. The van der Waals surface area contributed by atoms with Gasteiger partial charge >= 0.3 is 0 Å². The van der Waals surface area contributed by atoms with Gasteiger partial charge in [0.1, 0.15) is 0 Å². The Morgan fingerprint density at radius 2 is 0.933 bits per heavy atom. The van der Waals surface area contributed by atoms with E-state index in [1.165, 1.54) is 82.1 Å². The molecular formula is C28H32N2. The summed E-state index contributed by atoms with van der Waals surface area (Å²) in [6, 6.07) is 22.8. The van der Waals surface area contributed by atoms with Gasteiger partial charge in [0, 0.05) is 56.7 Å². The van der Waals surface area contributed by atoms with Crippen LogP contribution in [0.5, 0.6) is 0 Å². The number of rotatable bonds is 8. The second-order valence-corrected chi connectivity index (χ2v) is 8.64. The Morgan fingerprint density at radius 1 is 0.500 bits per heavy atom. The maximum Gasteiger partial charge on any atom is 0.0499 e. The summed E-state index contributed by atoms with van der Waals surface area (Å²) in [6.45, 7) is 6.75. The average Bonchev–Trinajstić information content (AvgIpc) is 3.26. The third-order valence-electron chi connectivity index (χ3n) is 6.64. The van der Waals surface area contributed by atoms with Crippen molar-refractivity contribution >= 4 is 43.6 Å². The molecule has 0 radical (unpaired) electrons. The van der Waals surface area contributed by atoms with Crippen LogP contribution in [-0.4, -0.2) is 9.13 Å². The van der Waals surface area contributed by atoms with Crippen molar-refractivity contribution in [2.24, 2.45) is 0 Å². The molecule has 0 atom stereocenters. The van der Waals surface area contributed by atoms with Crippen LogP contribution in [0.25, 0.3) is 43.6 Å². The summed E-state index contributed by atoms with van der Waals surface area (Å²) in [7, 11) is 0. The van der Waals surface area contributed by atoms with Crippen LogP contribution in [0.4, 0.5) is 0 Å². The molecule has 0 fully saturated rings. The first-order chi connectivity index (χ1) is 14.8. The molecule has 0 spiro atoms. The summed E-state index contributed by atoms with van der Waals surface area (Å²) in [5, 5.41) is 5.57. The van der Waals surface area contributed by atoms with Gasteiger partial charge in [0.25, 0.3) is 0 Å². The largest absolute Gasteiger partial charge is 0.340 e. The average molecular weight is 397 g/mol. The first kappa shape index (κ1) is 19.2. The molecule has 5 aromatic rings. The number of aromatic nitrogens is 2. The fourth-order valence-corrected chi connectivity index (χ4v) is 5.11. The summed E-state index contributed by atoms with van der Waals surface area (Å²) in [5.74, 6) is 0. The molecule has 2 aromatic heterocycles. The minimum absolute atomic E-state index is 1.10. The van der Waals surface area contributed by atoms with Crippen molar-refractivity contribution in [3.63, 3.8) is 0 Å². The first-order valence-corrected chi connectivity index (χ1v) is 11.8. The van der Waals surface area contributed by atoms with E-state index >= 15 is 0 Å². The highest BCUT2D eigenvalue weighted by Gasteiger charge is 2.16. The number of aryl methyl sites for hydroxylation is 2. The topological polar surface area (TPSA) is 9.86 Å². The summed E-state index contributed by atoms with van der Waals surface area (Å²) in [5.41, 5.74) is 5.52. The van der Waals surface area contributed by atoms with Crippen LogP contribution in [0, 0.1) is 0 Å². The smallest absolute Gasteiger partial charge is 0.0499 e. The highest BCUT2D eigenvalue weighted by Crippen LogP contribution is 2.37. The van der Waals surface area contributed by atoms with E-state index in [0.717, 1.165) is 13.1 Å². The van der Waals surface area contributed by atoms with E-state index in [-0.39, 0.29) is 0 Å². The molecule has 154 valence electrons. The molecule has 0 bridgehead atoms. The van der Waals surface area contributed by atoms with Crippen LogP contribution in [0.2, 0.25) is 0 Å². The van der Waals surface area contributed by atoms with E-state index in [9.17, 15) is 0 Å². The van der Waals surface area contributed by atoms with Gasteiger partial charge < -0.3 is 9.13 Å². The monoisotopic (exact) mass is 396 g/mol. The lowest BCUT2D eigenvalue weighted by molar-refractivity contribution is 0.627. The molecule has 0 N–H and O–H groups in total. The molecule has 0 saturated heterocycles. The Bertz CT molecular complexity index is 1210. The van der Waals surface area contributed by atoms with Gasteiger partial charge in [-0.15, -0.1) is 0 Å². The van der Waals surface area contributed by atoms with E-state index in [1.807, 2.05) is 0 Å². The maximum absolute atomic E-state index is 2.56. The molecule has 2 nitrogen and oxygen atoms in total. The Labute approximate surface area is 179 Å². The van der Waals surface area contributed by atoms with E-state index in [1.54, 1.807) is 0 Å². The van der Waals surface area contributed by atoms with E-state index in [4.69, 9.17) is 0 Å². The fourth-order valence-electron chi connectivity index (χ4n) is 5.11. The van der Waals surface area contributed by atoms with E-state index < -0.39 is 0 Å². The number of unbranched alkanes of at least 4 members (excludes halogenated alkanes) is 4. The lowest BCUT2D eigenvalue weighted by Crippen LogP contribution is -1.98. The van der Waals surface area contributed by atoms with Crippen LogP contribution in [0.15, 0.2) is 60.7 Å². The molecular weight excluding hydrogens is 364 g/mol. The number of fused-ring (bicyclic) bond motifs is 6. The molecule has 30 heavy (non-hydrogen) atoms. The molecule has 3 aromatic carbocycles. The zero-order chi connectivity index (χ0) is 20.5. The van der Waals surface area contributed by atoms with Gasteiger partial charge in [0.15, 0.2) is 0 Å². The van der Waals surface area contributed by atoms with Crippen LogP contribution in [0.1, 0.15) is 52.4 Å². The Morgan fingerprint density at radius 3 is 1.37 bits per heavy atom. The standard InChI is InChI=1S/C28H32N2/c1-3-5-11-17-29-25-15-9-7-13-21(25)23-20-28-24(19-27(23)29)22-14-8-10-16-26(22)30(28)18-12-6-4-2/h7-10,13-16,19-20H,3-6,11-12,17-18H2,1-2H3. The van der Waals surface area contributed by atoms with Gasteiger partial charge in [-0.1, -0.05) is 75.9 Å². The van der Waals surface area contributed by atoms with Crippen molar-refractivity contribution in [2.45, 2.75) is 65.5 Å². The number of para-hydroxylation sites is 2. The predicted octanol–water partition coefficient (Wildman–Crippen LogP) is 8.28. The molecule has 0 amide bonds. The van der Waals surface area contributed by atoms with E-state index in [2.05, 4.69) is 83.6 Å². The maximum atomic E-state index is 2.56. The Kier molecular flexibility index (Phi) is 5.25. The van der Waals surface area contributed by atoms with E-state index in [0.29, 0.717) is 0 Å². The molecule has 0 aliphatic rings. The van der Waals surface area contributed by atoms with Gasteiger partial charge in [0.2, 0.25) is 0 Å². The van der Waals surface area contributed by atoms with Crippen LogP contribution in [0.3, 0.4) is 0 Å². The van der Waals surface area contributed by atoms with Gasteiger partial charge in [-0.2, -0.15) is 0 Å². The number of hydrogen-bond acceptors (Lipinski definition) is 0. The molecule has 0 aliphatic carbocycles. The van der Waals surface area contributed by atoms with Crippen molar-refractivity contribution in [2.75, 3.05) is 0 Å². The van der Waals surface area contributed by atoms with Gasteiger partial charge in [-0.05, 0) is 37.1 Å². The minimum atomic E-state index is 1.10. The van der Waals surface area contributed by atoms with Gasteiger partial charge in [-0.3, -0.25) is 0 Å². The van der Waals surface area contributed by atoms with Crippen molar-refractivity contribution in [1.82, 2.24) is 9.13 Å². The summed E-state index contributed by atoms with van der Waals surface area (Å²) in [4.78, 5) is 0. The number of nitrogens with zero attached hydrogens (tertiary/aromatic N) is 2. The Hall–Kier alpha value is -2.74. The quantitative estimate of drug-likeness (QED) is 0.233. The lowest BCUT2D eigenvalue weighted by atomic mass is 10.1. The number of benzene rings is 3.